The molecule has 1 amide bonds. The van der Waals surface area contributed by atoms with Crippen LogP contribution >= 0.6 is 27.7 Å². The number of nitrogens with one attached hydrogen (secondary N) is 2. The highest BCUT2D eigenvalue weighted by atomic mass is 79.9. The van der Waals surface area contributed by atoms with Gasteiger partial charge < -0.3 is 10.3 Å². The zero-order chi connectivity index (χ0) is 18.1. The molecule has 4 nitrogen and oxygen atoms in total. The van der Waals surface area contributed by atoms with Crippen molar-refractivity contribution < 1.29 is 4.79 Å². The van der Waals surface area contributed by atoms with Gasteiger partial charge in [-0.05, 0) is 47.5 Å². The van der Waals surface area contributed by atoms with E-state index >= 15 is 0 Å². The molecule has 6 heteroatoms. The van der Waals surface area contributed by atoms with Gasteiger partial charge in [0.05, 0.1) is 16.8 Å². The van der Waals surface area contributed by atoms with Gasteiger partial charge in [-0.3, -0.25) is 4.79 Å². The third-order valence-electron chi connectivity index (χ3n) is 4.12. The van der Waals surface area contributed by atoms with Crippen molar-refractivity contribution in [2.75, 3.05) is 11.1 Å². The average molecular weight is 426 g/mol. The monoisotopic (exact) mass is 425 g/mol. The van der Waals surface area contributed by atoms with Gasteiger partial charge in [-0.15, -0.1) is 0 Å². The van der Waals surface area contributed by atoms with Crippen molar-refractivity contribution in [3.05, 3.63) is 64.6 Å². The maximum atomic E-state index is 12.2. The van der Waals surface area contributed by atoms with Crippen LogP contribution in [-0.2, 0) is 4.79 Å². The molecule has 26 heavy (non-hydrogen) atoms. The van der Waals surface area contributed by atoms with Crippen LogP contribution in [0.25, 0.3) is 21.8 Å². The van der Waals surface area contributed by atoms with Crippen LogP contribution < -0.4 is 5.32 Å². The van der Waals surface area contributed by atoms with Crippen LogP contribution in [0.4, 0.5) is 5.69 Å². The summed E-state index contributed by atoms with van der Waals surface area (Å²) >= 11 is 4.87. The number of aromatic nitrogens is 2. The molecule has 0 aliphatic heterocycles. The van der Waals surface area contributed by atoms with Crippen LogP contribution in [0.1, 0.15) is 5.56 Å². The quantitative estimate of drug-likeness (QED) is 0.423. The third kappa shape index (κ3) is 3.61. The second-order valence-corrected chi connectivity index (χ2v) is 7.88. The van der Waals surface area contributed by atoms with Crippen LogP contribution in [0.5, 0.6) is 0 Å². The predicted molar refractivity (Wildman–Crippen MR) is 112 cm³/mol. The van der Waals surface area contributed by atoms with E-state index in [1.807, 2.05) is 37.3 Å². The molecule has 0 bridgehead atoms. The number of thioether (sulfide) groups is 1. The first-order valence-corrected chi connectivity index (χ1v) is 9.94. The number of nitrogens with zero attached hydrogens (tertiary/aromatic N) is 1. The van der Waals surface area contributed by atoms with Crippen molar-refractivity contribution in [2.24, 2.45) is 0 Å². The summed E-state index contributed by atoms with van der Waals surface area (Å²) in [7, 11) is 0. The van der Waals surface area contributed by atoms with Gasteiger partial charge in [0.15, 0.2) is 5.16 Å². The van der Waals surface area contributed by atoms with Gasteiger partial charge in [0, 0.05) is 10.2 Å². The van der Waals surface area contributed by atoms with Gasteiger partial charge >= 0.3 is 0 Å². The van der Waals surface area contributed by atoms with Crippen LogP contribution in [-0.4, -0.2) is 21.6 Å². The molecular formula is C20H16BrN3OS. The van der Waals surface area contributed by atoms with Gasteiger partial charge in [0.2, 0.25) is 5.91 Å². The number of aryl methyl sites for hydroxylation is 1. The minimum absolute atomic E-state index is 0.0589. The van der Waals surface area contributed by atoms with Crippen molar-refractivity contribution in [2.45, 2.75) is 12.1 Å². The van der Waals surface area contributed by atoms with Crippen molar-refractivity contribution in [1.29, 1.82) is 0 Å². The Hall–Kier alpha value is -2.31. The van der Waals surface area contributed by atoms with Crippen molar-refractivity contribution in [1.82, 2.24) is 9.97 Å². The van der Waals surface area contributed by atoms with E-state index in [9.17, 15) is 4.79 Å². The lowest BCUT2D eigenvalue weighted by atomic mass is 10.1. The summed E-state index contributed by atoms with van der Waals surface area (Å²) in [5.74, 6) is 0.238. The maximum absolute atomic E-state index is 12.2. The zero-order valence-corrected chi connectivity index (χ0v) is 16.4. The summed E-state index contributed by atoms with van der Waals surface area (Å²) in [5.41, 5.74) is 3.80. The highest BCUT2D eigenvalue weighted by molar-refractivity contribution is 9.10. The number of halogens is 1. The predicted octanol–water partition coefficient (Wildman–Crippen LogP) is 5.52. The number of amides is 1. The molecule has 1 aromatic heterocycles. The number of carbonyl (C=O) groups is 1. The number of H-pyrrole nitrogens is 1. The lowest BCUT2D eigenvalue weighted by Crippen LogP contribution is -2.14. The lowest BCUT2D eigenvalue weighted by molar-refractivity contribution is -0.113. The minimum atomic E-state index is -0.0589. The van der Waals surface area contributed by atoms with Crippen molar-refractivity contribution in [3.63, 3.8) is 0 Å². The van der Waals surface area contributed by atoms with E-state index in [0.29, 0.717) is 5.75 Å². The largest absolute Gasteiger partial charge is 0.333 e. The molecule has 130 valence electrons. The Morgan fingerprint density at radius 1 is 1.15 bits per heavy atom. The van der Waals surface area contributed by atoms with E-state index < -0.39 is 0 Å². The molecular weight excluding hydrogens is 410 g/mol. The molecule has 0 atom stereocenters. The van der Waals surface area contributed by atoms with Gasteiger partial charge in [-0.2, -0.15) is 0 Å². The van der Waals surface area contributed by atoms with E-state index in [4.69, 9.17) is 0 Å². The fourth-order valence-corrected chi connectivity index (χ4v) is 3.81. The Kier molecular flexibility index (Phi) is 4.70. The molecule has 0 aliphatic rings. The molecule has 1 heterocycles. The number of hydrogen-bond acceptors (Lipinski definition) is 3. The van der Waals surface area contributed by atoms with Crippen LogP contribution in [0.3, 0.4) is 0 Å². The minimum Gasteiger partial charge on any atom is -0.333 e. The fraction of sp³-hybridized carbons (Fsp3) is 0.100. The summed E-state index contributed by atoms with van der Waals surface area (Å²) in [4.78, 5) is 20.1. The molecule has 3 aromatic carbocycles. The van der Waals surface area contributed by atoms with E-state index in [-0.39, 0.29) is 5.91 Å². The zero-order valence-electron chi connectivity index (χ0n) is 14.0. The lowest BCUT2D eigenvalue weighted by Gasteiger charge is -2.06. The standard InChI is InChI=1S/C20H16BrN3OS/c1-12-6-7-15(10-16(12)21)22-19(25)11-26-20-23-17-8-13-4-2-3-5-14(13)9-18(17)24-20/h2-10H,11H2,1H3,(H,22,25)(H,23,24). The molecule has 4 rings (SSSR count). The Morgan fingerprint density at radius 2 is 1.92 bits per heavy atom. The molecule has 0 fully saturated rings. The van der Waals surface area contributed by atoms with Crippen LogP contribution in [0.15, 0.2) is 64.2 Å². The topological polar surface area (TPSA) is 57.8 Å². The Balaban J connectivity index is 1.46. The molecule has 0 saturated carbocycles. The Labute approximate surface area is 163 Å². The first-order valence-electron chi connectivity index (χ1n) is 8.16. The smallest absolute Gasteiger partial charge is 0.234 e. The number of anilines is 1. The molecule has 0 aliphatic carbocycles. The number of fused-ring (bicyclic) bond motifs is 2. The SMILES string of the molecule is Cc1ccc(NC(=O)CSc2nc3cc4ccccc4cc3[nH]2)cc1Br. The number of aromatic amines is 1. The molecule has 0 radical (unpaired) electrons. The van der Waals surface area contributed by atoms with E-state index in [1.54, 1.807) is 0 Å². The first-order chi connectivity index (χ1) is 12.6. The maximum Gasteiger partial charge on any atom is 0.234 e. The third-order valence-corrected chi connectivity index (χ3v) is 5.85. The highest BCUT2D eigenvalue weighted by Crippen LogP contribution is 2.25. The Bertz CT molecular complexity index is 1070. The number of benzene rings is 3. The normalized spacial score (nSPS) is 11.2. The number of hydrogen-bond donors (Lipinski definition) is 2. The Morgan fingerprint density at radius 3 is 2.69 bits per heavy atom. The van der Waals surface area contributed by atoms with E-state index in [2.05, 4.69) is 55.5 Å². The van der Waals surface area contributed by atoms with Gasteiger partial charge in [0.1, 0.15) is 0 Å². The van der Waals surface area contributed by atoms with Crippen molar-refractivity contribution >= 4 is 61.1 Å². The fourth-order valence-electron chi connectivity index (χ4n) is 2.74. The second kappa shape index (κ2) is 7.13. The van der Waals surface area contributed by atoms with Crippen LogP contribution in [0, 0.1) is 6.92 Å². The molecule has 2 N–H and O–H groups in total. The summed E-state index contributed by atoms with van der Waals surface area (Å²) in [5, 5.41) is 5.98. The van der Waals surface area contributed by atoms with Crippen LogP contribution in [0.2, 0.25) is 0 Å². The molecule has 0 unspecified atom stereocenters. The summed E-state index contributed by atoms with van der Waals surface area (Å²) < 4.78 is 0.979. The molecule has 0 saturated heterocycles. The highest BCUT2D eigenvalue weighted by Gasteiger charge is 2.09. The van der Waals surface area contributed by atoms with E-state index in [1.165, 1.54) is 17.1 Å². The average Bonchev–Trinajstić information content (AvgIpc) is 3.03. The van der Waals surface area contributed by atoms with Crippen molar-refractivity contribution in [3.8, 4) is 0 Å². The molecule has 4 aromatic rings. The number of rotatable bonds is 4. The summed E-state index contributed by atoms with van der Waals surface area (Å²) in [6.07, 6.45) is 0. The van der Waals surface area contributed by atoms with E-state index in [0.717, 1.165) is 37.3 Å². The second-order valence-electron chi connectivity index (χ2n) is 6.06. The van der Waals surface area contributed by atoms with Gasteiger partial charge in [-0.1, -0.05) is 58.0 Å². The first kappa shape index (κ1) is 17.1. The summed E-state index contributed by atoms with van der Waals surface area (Å²) in [6.45, 7) is 2.01. The van der Waals surface area contributed by atoms with Gasteiger partial charge in [-0.25, -0.2) is 4.98 Å². The number of imidazole rings is 1. The van der Waals surface area contributed by atoms with Gasteiger partial charge in [0.25, 0.3) is 0 Å². The molecule has 0 spiro atoms. The summed E-state index contributed by atoms with van der Waals surface area (Å²) in [6, 6.07) is 18.1. The number of carbonyl (C=O) groups excluding carboxylic acids is 1.